The molecule has 3 heterocycles. The van der Waals surface area contributed by atoms with Crippen LogP contribution in [0, 0.1) is 0 Å². The van der Waals surface area contributed by atoms with Crippen LogP contribution in [0.5, 0.6) is 0 Å². The Morgan fingerprint density at radius 3 is 2.53 bits per heavy atom. The van der Waals surface area contributed by atoms with Crippen molar-refractivity contribution in [1.29, 1.82) is 0 Å². The lowest BCUT2D eigenvalue weighted by molar-refractivity contribution is -0.716. The molecule has 0 saturated carbocycles. The van der Waals surface area contributed by atoms with E-state index in [1.54, 1.807) is 30.3 Å². The lowest BCUT2D eigenvalue weighted by Gasteiger charge is -2.49. The summed E-state index contributed by atoms with van der Waals surface area (Å²) in [6, 6.07) is 5.97. The summed E-state index contributed by atoms with van der Waals surface area (Å²) >= 11 is 15.9. The Morgan fingerprint density at radius 2 is 1.91 bits per heavy atom. The number of β-lactam (4-membered cyclic amide) rings is 1. The molecule has 18 heteroatoms. The Kier molecular flexibility index (Phi) is 11.0. The molecule has 1 aromatic heterocycles. The number of hydrogen-bond donors (Lipinski definition) is 3. The fourth-order valence-electron chi connectivity index (χ4n) is 4.30. The maximum Gasteiger partial charge on any atom is 0.352 e. The number of thioether (sulfide) groups is 3. The quantitative estimate of drug-likeness (QED) is 0.152. The molecule has 0 aliphatic carbocycles. The molecule has 0 bridgehead atoms. The van der Waals surface area contributed by atoms with E-state index >= 15 is 0 Å². The van der Waals surface area contributed by atoms with Gasteiger partial charge in [0, 0.05) is 44.9 Å². The van der Waals surface area contributed by atoms with Gasteiger partial charge in [-0.2, -0.15) is 4.57 Å². The Labute approximate surface area is 269 Å². The number of hydrogen-bond acceptors (Lipinski definition) is 10. The van der Waals surface area contributed by atoms with E-state index in [1.807, 2.05) is 0 Å². The molecule has 4 rings (SSSR count). The minimum absolute atomic E-state index is 0.0162. The number of nitrogens with zero attached hydrogens (tertiary/aromatic N) is 2. The number of halogens is 2. The van der Waals surface area contributed by atoms with E-state index in [9.17, 15) is 37.8 Å². The van der Waals surface area contributed by atoms with Gasteiger partial charge in [-0.25, -0.2) is 18.4 Å². The predicted octanol–water partition coefficient (Wildman–Crippen LogP) is 0.874. The SMILES string of the molecule is NS(=O)(=O)CC[C@@H](C(=O)[O-])[n+]1ccc(SCC2=C(C(=O)O)N3C(=O)[C@@H](NC(=O)CSc4cc(Cl)ccc4Cl)[C@H]3SC2)cc1. The van der Waals surface area contributed by atoms with Crippen molar-refractivity contribution < 1.29 is 42.4 Å². The van der Waals surface area contributed by atoms with Gasteiger partial charge in [0.15, 0.2) is 18.4 Å². The Bertz CT molecular complexity index is 1590. The van der Waals surface area contributed by atoms with E-state index in [1.165, 1.54) is 45.4 Å². The number of carbonyl (C=O) groups is 4. The fourth-order valence-corrected chi connectivity index (χ4v) is 8.53. The number of carbonyl (C=O) groups excluding carboxylic acids is 3. The van der Waals surface area contributed by atoms with Gasteiger partial charge in [0.2, 0.25) is 15.9 Å². The molecule has 2 amide bonds. The van der Waals surface area contributed by atoms with Crippen molar-refractivity contribution in [1.82, 2.24) is 10.2 Å². The molecule has 2 aliphatic rings. The lowest BCUT2D eigenvalue weighted by Crippen LogP contribution is -2.70. The number of carboxylic acid groups (broad SMARTS) is 2. The van der Waals surface area contributed by atoms with Crippen LogP contribution in [0.2, 0.25) is 10.0 Å². The van der Waals surface area contributed by atoms with Gasteiger partial charge >= 0.3 is 5.97 Å². The molecule has 0 radical (unpaired) electrons. The van der Waals surface area contributed by atoms with Gasteiger partial charge < -0.3 is 20.3 Å². The van der Waals surface area contributed by atoms with Crippen LogP contribution in [0.4, 0.5) is 0 Å². The molecule has 230 valence electrons. The number of aliphatic carboxylic acids is 2. The molecule has 1 saturated heterocycles. The lowest BCUT2D eigenvalue weighted by atomic mass is 10.0. The maximum atomic E-state index is 13.0. The molecule has 2 aromatic rings. The molecule has 3 atom stereocenters. The zero-order chi connectivity index (χ0) is 31.5. The molecule has 2 aliphatic heterocycles. The maximum absolute atomic E-state index is 13.0. The number of primary sulfonamides is 1. The first-order chi connectivity index (χ1) is 20.2. The monoisotopic (exact) mass is 706 g/mol. The fraction of sp³-hybridized carbons (Fsp3) is 0.320. The molecule has 12 nitrogen and oxygen atoms in total. The highest BCUT2D eigenvalue weighted by atomic mass is 35.5. The van der Waals surface area contributed by atoms with Gasteiger partial charge in [0.25, 0.3) is 5.91 Å². The van der Waals surface area contributed by atoms with Crippen molar-refractivity contribution in [2.24, 2.45) is 5.14 Å². The van der Waals surface area contributed by atoms with E-state index in [2.05, 4.69) is 5.32 Å². The van der Waals surface area contributed by atoms with Gasteiger partial charge in [-0.3, -0.25) is 14.5 Å². The number of benzene rings is 1. The second kappa shape index (κ2) is 14.1. The van der Waals surface area contributed by atoms with Crippen LogP contribution >= 0.6 is 58.5 Å². The summed E-state index contributed by atoms with van der Waals surface area (Å²) in [5.41, 5.74) is 0.387. The summed E-state index contributed by atoms with van der Waals surface area (Å²) in [5, 5.41) is 29.5. The van der Waals surface area contributed by atoms with Crippen LogP contribution in [0.15, 0.2) is 63.8 Å². The van der Waals surface area contributed by atoms with Crippen LogP contribution in [-0.2, 0) is 29.2 Å². The number of carboxylic acids is 2. The zero-order valence-electron chi connectivity index (χ0n) is 22.0. The smallest absolute Gasteiger partial charge is 0.352 e. The first kappa shape index (κ1) is 33.4. The van der Waals surface area contributed by atoms with Crippen molar-refractivity contribution in [3.8, 4) is 0 Å². The van der Waals surface area contributed by atoms with Crippen LogP contribution in [0.3, 0.4) is 0 Å². The molecule has 43 heavy (non-hydrogen) atoms. The normalized spacial score (nSPS) is 19.0. The van der Waals surface area contributed by atoms with Crippen molar-refractivity contribution >= 4 is 92.3 Å². The number of pyridine rings is 1. The second-order valence-corrected chi connectivity index (χ2v) is 15.1. The van der Waals surface area contributed by atoms with E-state index in [4.69, 9.17) is 28.3 Å². The standard InChI is InChI=1S/C25H24Cl2N4O8S4/c26-14-1-2-16(27)18(9-14)41-12-19(32)29-20-22(33)31-21(25(36)37)13(11-42-23(20)31)10-40-15-3-6-30(7-4-15)17(24(34)35)5-8-43(28,38)39/h1-4,6-7,9,17,20,23H,5,8,10-12H2,(H4-,28,29,32,34,35,36,37,38,39)/t17-,20+,23+/m0/s1. The molecular formula is C25H24Cl2N4O8S4. The van der Waals surface area contributed by atoms with Crippen molar-refractivity contribution in [2.45, 2.75) is 33.7 Å². The third-order valence-corrected chi connectivity index (χ3v) is 11.3. The van der Waals surface area contributed by atoms with Crippen molar-refractivity contribution in [2.75, 3.05) is 23.0 Å². The van der Waals surface area contributed by atoms with Gasteiger partial charge in [0.1, 0.15) is 23.1 Å². The van der Waals surface area contributed by atoms with Gasteiger partial charge in [-0.15, -0.1) is 35.3 Å². The Morgan fingerprint density at radius 1 is 1.21 bits per heavy atom. The number of rotatable bonds is 13. The second-order valence-electron chi connectivity index (χ2n) is 9.34. The number of nitrogens with two attached hydrogens (primary N) is 1. The van der Waals surface area contributed by atoms with Crippen LogP contribution < -0.4 is 20.1 Å². The van der Waals surface area contributed by atoms with Crippen LogP contribution in [0.25, 0.3) is 0 Å². The van der Waals surface area contributed by atoms with Crippen LogP contribution in [-0.4, -0.2) is 76.6 Å². The van der Waals surface area contributed by atoms with Gasteiger partial charge in [-0.05, 0) is 23.8 Å². The minimum Gasteiger partial charge on any atom is -0.543 e. The third kappa shape index (κ3) is 8.38. The summed E-state index contributed by atoms with van der Waals surface area (Å²) in [4.78, 5) is 51.7. The van der Waals surface area contributed by atoms with Crippen LogP contribution in [0.1, 0.15) is 12.5 Å². The minimum atomic E-state index is -3.86. The summed E-state index contributed by atoms with van der Waals surface area (Å²) in [6.07, 6.45) is 2.63. The van der Waals surface area contributed by atoms with E-state index in [-0.39, 0.29) is 23.6 Å². The van der Waals surface area contributed by atoms with Crippen molar-refractivity contribution in [3.63, 3.8) is 0 Å². The number of sulfonamides is 1. The zero-order valence-corrected chi connectivity index (χ0v) is 26.8. The largest absolute Gasteiger partial charge is 0.543 e. The highest BCUT2D eigenvalue weighted by Gasteiger charge is 2.54. The van der Waals surface area contributed by atoms with Crippen molar-refractivity contribution in [3.05, 3.63) is 64.0 Å². The Hall–Kier alpha value is -2.47. The summed E-state index contributed by atoms with van der Waals surface area (Å²) in [7, 11) is -3.86. The molecule has 4 N–H and O–H groups in total. The Balaban J connectivity index is 1.37. The average molecular weight is 708 g/mol. The third-order valence-electron chi connectivity index (χ3n) is 6.36. The van der Waals surface area contributed by atoms with Gasteiger partial charge in [0.05, 0.1) is 16.5 Å². The number of aromatic nitrogens is 1. The summed E-state index contributed by atoms with van der Waals surface area (Å²) in [5.74, 6) is -3.65. The summed E-state index contributed by atoms with van der Waals surface area (Å²) in [6.45, 7) is 0. The highest BCUT2D eigenvalue weighted by molar-refractivity contribution is 8.01. The first-order valence-corrected chi connectivity index (χ1v) is 17.9. The molecule has 1 fully saturated rings. The van der Waals surface area contributed by atoms with Gasteiger partial charge in [-0.1, -0.05) is 23.2 Å². The van der Waals surface area contributed by atoms with E-state index in [0.717, 1.165) is 11.8 Å². The summed E-state index contributed by atoms with van der Waals surface area (Å²) < 4.78 is 23.8. The number of nitrogens with one attached hydrogen (secondary N) is 1. The average Bonchev–Trinajstić information content (AvgIpc) is 2.94. The predicted molar refractivity (Wildman–Crippen MR) is 161 cm³/mol. The topological polar surface area (TPSA) is 191 Å². The molecule has 0 unspecified atom stereocenters. The molecule has 0 spiro atoms. The van der Waals surface area contributed by atoms with E-state index < -0.39 is 57.0 Å². The molecule has 1 aromatic carbocycles. The van der Waals surface area contributed by atoms with E-state index in [0.29, 0.717) is 31.2 Å². The number of amides is 2. The first-order valence-electron chi connectivity index (χ1n) is 12.4. The highest BCUT2D eigenvalue weighted by Crippen LogP contribution is 2.41. The molecular weight excluding hydrogens is 683 g/mol. The number of fused-ring (bicyclic) bond motifs is 1.